The van der Waals surface area contributed by atoms with Crippen LogP contribution in [0.1, 0.15) is 17.1 Å². The third-order valence-electron chi connectivity index (χ3n) is 2.47. The molecule has 0 aliphatic carbocycles. The van der Waals surface area contributed by atoms with Crippen molar-refractivity contribution in [2.45, 2.75) is 20.4 Å². The Balaban J connectivity index is 2.02. The van der Waals surface area contributed by atoms with Crippen molar-refractivity contribution in [3.8, 4) is 0 Å². The van der Waals surface area contributed by atoms with Crippen molar-refractivity contribution >= 4 is 21.6 Å². The lowest BCUT2D eigenvalue weighted by molar-refractivity contribution is 0.501. The third-order valence-corrected chi connectivity index (χ3v) is 3.00. The van der Waals surface area contributed by atoms with E-state index in [1.54, 1.807) is 0 Å². The Morgan fingerprint density at radius 1 is 1.19 bits per heavy atom. The van der Waals surface area contributed by atoms with Gasteiger partial charge in [0.2, 0.25) is 0 Å². The predicted molar refractivity (Wildman–Crippen MR) is 69.7 cm³/mol. The van der Waals surface area contributed by atoms with Gasteiger partial charge in [0.1, 0.15) is 11.5 Å². The number of halogens is 1. The quantitative estimate of drug-likeness (QED) is 0.908. The molecule has 1 aromatic carbocycles. The molecule has 16 heavy (non-hydrogen) atoms. The molecule has 84 valence electrons. The molecule has 0 spiro atoms. The maximum atomic E-state index is 5.47. The lowest BCUT2D eigenvalue weighted by atomic mass is 10.2. The molecule has 0 unspecified atom stereocenters. The second kappa shape index (κ2) is 4.74. The van der Waals surface area contributed by atoms with Crippen LogP contribution in [0.2, 0.25) is 0 Å². The molecule has 0 radical (unpaired) electrons. The molecule has 2 aromatic rings. The van der Waals surface area contributed by atoms with Crippen LogP contribution in [0.3, 0.4) is 0 Å². The monoisotopic (exact) mass is 279 g/mol. The topological polar surface area (TPSA) is 25.2 Å². The molecule has 1 heterocycles. The van der Waals surface area contributed by atoms with E-state index >= 15 is 0 Å². The van der Waals surface area contributed by atoms with Crippen molar-refractivity contribution in [2.75, 3.05) is 5.32 Å². The van der Waals surface area contributed by atoms with Crippen LogP contribution < -0.4 is 5.32 Å². The van der Waals surface area contributed by atoms with Gasteiger partial charge in [-0.1, -0.05) is 15.9 Å². The minimum atomic E-state index is 0.796. The summed E-state index contributed by atoms with van der Waals surface area (Å²) in [7, 11) is 0. The fourth-order valence-electron chi connectivity index (χ4n) is 1.62. The first-order valence-corrected chi connectivity index (χ1v) is 6.00. The van der Waals surface area contributed by atoms with E-state index < -0.39 is 0 Å². The van der Waals surface area contributed by atoms with Crippen LogP contribution >= 0.6 is 15.9 Å². The van der Waals surface area contributed by atoms with E-state index in [9.17, 15) is 0 Å². The van der Waals surface area contributed by atoms with Crippen LogP contribution in [0.4, 0.5) is 5.69 Å². The molecule has 0 atom stereocenters. The van der Waals surface area contributed by atoms with Crippen LogP contribution in [0.5, 0.6) is 0 Å². The minimum absolute atomic E-state index is 0.796. The Morgan fingerprint density at radius 2 is 1.88 bits per heavy atom. The summed E-state index contributed by atoms with van der Waals surface area (Å²) in [6, 6.07) is 10.2. The molecule has 3 heteroatoms. The highest BCUT2D eigenvalue weighted by molar-refractivity contribution is 9.10. The van der Waals surface area contributed by atoms with Gasteiger partial charge < -0.3 is 9.73 Å². The zero-order valence-corrected chi connectivity index (χ0v) is 11.0. The van der Waals surface area contributed by atoms with E-state index in [1.807, 2.05) is 38.1 Å². The highest BCUT2D eigenvalue weighted by Gasteiger charge is 2.03. The molecular weight excluding hydrogens is 266 g/mol. The first-order valence-electron chi connectivity index (χ1n) is 5.20. The molecule has 1 N–H and O–H groups in total. The summed E-state index contributed by atoms with van der Waals surface area (Å²) >= 11 is 3.41. The van der Waals surface area contributed by atoms with Gasteiger partial charge in [-0.05, 0) is 44.2 Å². The fraction of sp³-hybridized carbons (Fsp3) is 0.231. The van der Waals surface area contributed by atoms with Gasteiger partial charge in [-0.3, -0.25) is 0 Å². The van der Waals surface area contributed by atoms with Crippen LogP contribution in [0.25, 0.3) is 0 Å². The summed E-state index contributed by atoms with van der Waals surface area (Å²) in [5, 5.41) is 3.36. The van der Waals surface area contributed by atoms with E-state index in [0.717, 1.165) is 28.2 Å². The Labute approximate surface area is 104 Å². The van der Waals surface area contributed by atoms with Gasteiger partial charge in [-0.25, -0.2) is 0 Å². The Kier molecular flexibility index (Phi) is 3.34. The van der Waals surface area contributed by atoms with Gasteiger partial charge in [0, 0.05) is 22.3 Å². The molecular formula is C13H14BrNO. The summed E-state index contributed by atoms with van der Waals surface area (Å²) in [5.41, 5.74) is 2.32. The molecule has 0 aliphatic rings. The highest BCUT2D eigenvalue weighted by Crippen LogP contribution is 2.17. The van der Waals surface area contributed by atoms with Gasteiger partial charge in [-0.15, -0.1) is 0 Å². The SMILES string of the molecule is Cc1cc(CNc2ccc(Br)cc2)c(C)o1. The summed E-state index contributed by atoms with van der Waals surface area (Å²) in [4.78, 5) is 0. The summed E-state index contributed by atoms with van der Waals surface area (Å²) in [5.74, 6) is 1.95. The molecule has 0 fully saturated rings. The van der Waals surface area contributed by atoms with Crippen LogP contribution in [-0.2, 0) is 6.54 Å². The molecule has 2 nitrogen and oxygen atoms in total. The molecule has 1 aromatic heterocycles. The zero-order chi connectivity index (χ0) is 11.5. The smallest absolute Gasteiger partial charge is 0.106 e. The van der Waals surface area contributed by atoms with Gasteiger partial charge >= 0.3 is 0 Å². The third kappa shape index (κ3) is 2.67. The van der Waals surface area contributed by atoms with Gasteiger partial charge in [0.25, 0.3) is 0 Å². The van der Waals surface area contributed by atoms with Crippen LogP contribution in [-0.4, -0.2) is 0 Å². The number of hydrogen-bond donors (Lipinski definition) is 1. The number of furan rings is 1. The number of benzene rings is 1. The number of hydrogen-bond acceptors (Lipinski definition) is 2. The second-order valence-electron chi connectivity index (χ2n) is 3.80. The summed E-state index contributed by atoms with van der Waals surface area (Å²) in [6.07, 6.45) is 0. The fourth-order valence-corrected chi connectivity index (χ4v) is 1.89. The van der Waals surface area contributed by atoms with Gasteiger partial charge in [0.05, 0.1) is 0 Å². The minimum Gasteiger partial charge on any atom is -0.466 e. The maximum absolute atomic E-state index is 5.47. The molecule has 2 rings (SSSR count). The zero-order valence-electron chi connectivity index (χ0n) is 9.38. The van der Waals surface area contributed by atoms with E-state index in [1.165, 1.54) is 5.56 Å². The first-order chi connectivity index (χ1) is 7.65. The highest BCUT2D eigenvalue weighted by atomic mass is 79.9. The molecule has 0 aliphatic heterocycles. The molecule has 0 saturated carbocycles. The average Bonchev–Trinajstić information content (AvgIpc) is 2.57. The molecule has 0 amide bonds. The number of rotatable bonds is 3. The van der Waals surface area contributed by atoms with Crippen molar-refractivity contribution in [3.63, 3.8) is 0 Å². The van der Waals surface area contributed by atoms with Gasteiger partial charge in [0.15, 0.2) is 0 Å². The standard InChI is InChI=1S/C13H14BrNO/c1-9-7-11(10(2)16-9)8-15-13-5-3-12(14)4-6-13/h3-7,15H,8H2,1-2H3. The number of nitrogens with one attached hydrogen (secondary N) is 1. The van der Waals surface area contributed by atoms with Crippen molar-refractivity contribution in [2.24, 2.45) is 0 Å². The lowest BCUT2D eigenvalue weighted by Crippen LogP contribution is -1.98. The molecule has 0 saturated heterocycles. The molecule has 0 bridgehead atoms. The van der Waals surface area contributed by atoms with E-state index in [2.05, 4.69) is 27.3 Å². The van der Waals surface area contributed by atoms with Crippen molar-refractivity contribution < 1.29 is 4.42 Å². The normalized spacial score (nSPS) is 10.4. The van der Waals surface area contributed by atoms with Gasteiger partial charge in [-0.2, -0.15) is 0 Å². The summed E-state index contributed by atoms with van der Waals surface area (Å²) in [6.45, 7) is 4.76. The maximum Gasteiger partial charge on any atom is 0.106 e. The Morgan fingerprint density at radius 3 is 2.44 bits per heavy atom. The first kappa shape index (κ1) is 11.3. The second-order valence-corrected chi connectivity index (χ2v) is 4.71. The average molecular weight is 280 g/mol. The van der Waals surface area contributed by atoms with Crippen LogP contribution in [0, 0.1) is 13.8 Å². The Bertz CT molecular complexity index is 473. The number of anilines is 1. The van der Waals surface area contributed by atoms with E-state index in [-0.39, 0.29) is 0 Å². The van der Waals surface area contributed by atoms with E-state index in [4.69, 9.17) is 4.42 Å². The number of aryl methyl sites for hydroxylation is 2. The van der Waals surface area contributed by atoms with Crippen molar-refractivity contribution in [1.29, 1.82) is 0 Å². The lowest BCUT2D eigenvalue weighted by Gasteiger charge is -2.05. The van der Waals surface area contributed by atoms with Crippen molar-refractivity contribution in [1.82, 2.24) is 0 Å². The van der Waals surface area contributed by atoms with E-state index in [0.29, 0.717) is 0 Å². The van der Waals surface area contributed by atoms with Crippen molar-refractivity contribution in [3.05, 3.63) is 51.9 Å². The Hall–Kier alpha value is -1.22. The largest absolute Gasteiger partial charge is 0.466 e. The summed E-state index contributed by atoms with van der Waals surface area (Å²) < 4.78 is 6.57. The predicted octanol–water partition coefficient (Wildman–Crippen LogP) is 4.27. The van der Waals surface area contributed by atoms with Crippen LogP contribution in [0.15, 0.2) is 39.2 Å².